The number of aliphatic hydroxyl groups excluding tert-OH is 1. The smallest absolute Gasteiger partial charge is 0.135 e. The van der Waals surface area contributed by atoms with Crippen LogP contribution in [0.25, 0.3) is 0 Å². The van der Waals surface area contributed by atoms with Gasteiger partial charge in [-0.05, 0) is 50.4 Å². The number of hydrogen-bond donors (Lipinski definition) is 1. The molecule has 0 aromatic carbocycles. The fourth-order valence-corrected chi connectivity index (χ4v) is 3.24. The van der Waals surface area contributed by atoms with Crippen molar-refractivity contribution in [1.82, 2.24) is 0 Å². The highest BCUT2D eigenvalue weighted by Gasteiger charge is 2.26. The average Bonchev–Trinajstić information content (AvgIpc) is 2.27. The van der Waals surface area contributed by atoms with E-state index in [1.807, 2.05) is 0 Å². The van der Waals surface area contributed by atoms with Crippen LogP contribution in [-0.4, -0.2) is 17.0 Å². The lowest BCUT2D eigenvalue weighted by atomic mass is 9.78. The summed E-state index contributed by atoms with van der Waals surface area (Å²) in [5.74, 6) is 1.88. The van der Waals surface area contributed by atoms with Gasteiger partial charge in [0.1, 0.15) is 5.78 Å². The van der Waals surface area contributed by atoms with Crippen LogP contribution in [0.15, 0.2) is 0 Å². The van der Waals surface area contributed by atoms with Crippen molar-refractivity contribution in [1.29, 1.82) is 0 Å². The number of rotatable bonds is 6. The summed E-state index contributed by atoms with van der Waals surface area (Å²) >= 11 is 0. The maximum absolute atomic E-state index is 11.9. The van der Waals surface area contributed by atoms with Crippen LogP contribution in [0.4, 0.5) is 0 Å². The summed E-state index contributed by atoms with van der Waals surface area (Å²) in [6.07, 6.45) is 6.54. The van der Waals surface area contributed by atoms with Crippen LogP contribution < -0.4 is 0 Å². The highest BCUT2D eigenvalue weighted by Crippen LogP contribution is 2.32. The highest BCUT2D eigenvalue weighted by molar-refractivity contribution is 5.80. The summed E-state index contributed by atoms with van der Waals surface area (Å²) in [6, 6.07) is 0. The van der Waals surface area contributed by atoms with E-state index in [2.05, 4.69) is 20.8 Å². The largest absolute Gasteiger partial charge is 0.393 e. The molecule has 0 heterocycles. The molecule has 3 unspecified atom stereocenters. The predicted octanol–water partition coefficient (Wildman–Crippen LogP) is 3.57. The van der Waals surface area contributed by atoms with E-state index in [0.717, 1.165) is 38.5 Å². The summed E-state index contributed by atoms with van der Waals surface area (Å²) in [4.78, 5) is 11.9. The molecule has 1 N–H and O–H groups in total. The van der Waals surface area contributed by atoms with Crippen LogP contribution >= 0.6 is 0 Å². The second kappa shape index (κ2) is 7.15. The first-order valence-electron chi connectivity index (χ1n) is 7.27. The van der Waals surface area contributed by atoms with Gasteiger partial charge in [-0.15, -0.1) is 0 Å². The van der Waals surface area contributed by atoms with Gasteiger partial charge in [-0.25, -0.2) is 0 Å². The SMILES string of the molecule is CCC(CC)C(=O)CCC1CC(C)CC(O)C1. The number of Topliss-reactive ketones (excluding diaryl/α,β-unsaturated/α-hetero) is 1. The van der Waals surface area contributed by atoms with Crippen molar-refractivity contribution in [3.05, 3.63) is 0 Å². The van der Waals surface area contributed by atoms with Crippen molar-refractivity contribution in [3.63, 3.8) is 0 Å². The van der Waals surface area contributed by atoms with E-state index in [1.165, 1.54) is 6.42 Å². The summed E-state index contributed by atoms with van der Waals surface area (Å²) in [7, 11) is 0. The summed E-state index contributed by atoms with van der Waals surface area (Å²) in [5, 5.41) is 9.73. The summed E-state index contributed by atoms with van der Waals surface area (Å²) in [6.45, 7) is 6.40. The molecule has 0 aromatic heterocycles. The molecule has 2 heteroatoms. The van der Waals surface area contributed by atoms with Gasteiger partial charge in [-0.1, -0.05) is 20.8 Å². The average molecular weight is 240 g/mol. The van der Waals surface area contributed by atoms with Crippen LogP contribution in [0.3, 0.4) is 0 Å². The van der Waals surface area contributed by atoms with Crippen molar-refractivity contribution < 1.29 is 9.90 Å². The van der Waals surface area contributed by atoms with Gasteiger partial charge in [0.15, 0.2) is 0 Å². The van der Waals surface area contributed by atoms with Gasteiger partial charge in [0.05, 0.1) is 6.10 Å². The Bertz CT molecular complexity index is 223. The topological polar surface area (TPSA) is 37.3 Å². The normalized spacial score (nSPS) is 29.6. The molecule has 17 heavy (non-hydrogen) atoms. The third-order valence-corrected chi connectivity index (χ3v) is 4.26. The van der Waals surface area contributed by atoms with Gasteiger partial charge in [0, 0.05) is 12.3 Å². The zero-order valence-corrected chi connectivity index (χ0v) is 11.6. The predicted molar refractivity (Wildman–Crippen MR) is 70.8 cm³/mol. The molecule has 0 aromatic rings. The Hall–Kier alpha value is -0.370. The van der Waals surface area contributed by atoms with Gasteiger partial charge < -0.3 is 5.11 Å². The Morgan fingerprint density at radius 1 is 1.24 bits per heavy atom. The van der Waals surface area contributed by atoms with Crippen molar-refractivity contribution in [2.24, 2.45) is 17.8 Å². The van der Waals surface area contributed by atoms with Crippen molar-refractivity contribution in [3.8, 4) is 0 Å². The maximum atomic E-state index is 11.9. The number of ketones is 1. The minimum Gasteiger partial charge on any atom is -0.393 e. The Balaban J connectivity index is 2.32. The molecule has 0 amide bonds. The van der Waals surface area contributed by atoms with Gasteiger partial charge in [-0.3, -0.25) is 4.79 Å². The molecule has 0 aliphatic heterocycles. The van der Waals surface area contributed by atoms with E-state index >= 15 is 0 Å². The van der Waals surface area contributed by atoms with Gasteiger partial charge >= 0.3 is 0 Å². The molecule has 2 nitrogen and oxygen atoms in total. The van der Waals surface area contributed by atoms with Crippen molar-refractivity contribution in [2.75, 3.05) is 0 Å². The second-order valence-corrected chi connectivity index (χ2v) is 5.85. The third kappa shape index (κ3) is 4.79. The Morgan fingerprint density at radius 2 is 1.88 bits per heavy atom. The lowest BCUT2D eigenvalue weighted by Crippen LogP contribution is -2.26. The number of carbonyl (C=O) groups is 1. The molecule has 0 spiro atoms. The molecular formula is C15H28O2. The van der Waals surface area contributed by atoms with Gasteiger partial charge in [0.2, 0.25) is 0 Å². The number of hydrogen-bond acceptors (Lipinski definition) is 2. The van der Waals surface area contributed by atoms with E-state index in [4.69, 9.17) is 0 Å². The lowest BCUT2D eigenvalue weighted by molar-refractivity contribution is -0.123. The molecule has 1 saturated carbocycles. The van der Waals surface area contributed by atoms with E-state index in [1.54, 1.807) is 0 Å². The molecule has 3 atom stereocenters. The van der Waals surface area contributed by atoms with Crippen molar-refractivity contribution >= 4 is 5.78 Å². The maximum Gasteiger partial charge on any atom is 0.135 e. The van der Waals surface area contributed by atoms with Crippen LogP contribution in [-0.2, 0) is 4.79 Å². The minimum absolute atomic E-state index is 0.132. The molecule has 1 fully saturated rings. The molecule has 1 aliphatic rings. The van der Waals surface area contributed by atoms with Crippen molar-refractivity contribution in [2.45, 2.75) is 71.8 Å². The number of aliphatic hydroxyl groups is 1. The fraction of sp³-hybridized carbons (Fsp3) is 0.933. The third-order valence-electron chi connectivity index (χ3n) is 4.26. The molecule has 1 aliphatic carbocycles. The van der Waals surface area contributed by atoms with E-state index in [0.29, 0.717) is 17.6 Å². The van der Waals surface area contributed by atoms with Gasteiger partial charge in [-0.2, -0.15) is 0 Å². The quantitative estimate of drug-likeness (QED) is 0.770. The first-order chi connectivity index (χ1) is 8.06. The van der Waals surface area contributed by atoms with Crippen LogP contribution in [0, 0.1) is 17.8 Å². The molecule has 100 valence electrons. The van der Waals surface area contributed by atoms with Crippen LogP contribution in [0.2, 0.25) is 0 Å². The Morgan fingerprint density at radius 3 is 2.41 bits per heavy atom. The summed E-state index contributed by atoms with van der Waals surface area (Å²) < 4.78 is 0. The first-order valence-corrected chi connectivity index (χ1v) is 7.27. The fourth-order valence-electron chi connectivity index (χ4n) is 3.24. The molecule has 0 bridgehead atoms. The first kappa shape index (κ1) is 14.7. The monoisotopic (exact) mass is 240 g/mol. The molecule has 1 rings (SSSR count). The van der Waals surface area contributed by atoms with E-state index in [9.17, 15) is 9.90 Å². The zero-order chi connectivity index (χ0) is 12.8. The minimum atomic E-state index is -0.132. The van der Waals surface area contributed by atoms with Gasteiger partial charge in [0.25, 0.3) is 0 Å². The lowest BCUT2D eigenvalue weighted by Gasteiger charge is -2.30. The Kier molecular flexibility index (Phi) is 6.18. The highest BCUT2D eigenvalue weighted by atomic mass is 16.3. The van der Waals surface area contributed by atoms with E-state index < -0.39 is 0 Å². The molecular weight excluding hydrogens is 212 g/mol. The van der Waals surface area contributed by atoms with Crippen LogP contribution in [0.1, 0.15) is 65.7 Å². The molecule has 0 radical (unpaired) electrons. The number of carbonyl (C=O) groups excluding carboxylic acids is 1. The summed E-state index contributed by atoms with van der Waals surface area (Å²) in [5.41, 5.74) is 0. The Labute approximate surface area is 106 Å². The zero-order valence-electron chi connectivity index (χ0n) is 11.6. The van der Waals surface area contributed by atoms with E-state index in [-0.39, 0.29) is 12.0 Å². The van der Waals surface area contributed by atoms with Crippen LogP contribution in [0.5, 0.6) is 0 Å². The standard InChI is InChI=1S/C15H28O2/c1-4-13(5-2)15(17)7-6-12-8-11(3)9-14(16)10-12/h11-14,16H,4-10H2,1-3H3. The molecule has 0 saturated heterocycles. The second-order valence-electron chi connectivity index (χ2n) is 5.85.